The van der Waals surface area contributed by atoms with Crippen molar-refractivity contribution in [1.82, 2.24) is 4.72 Å². The maximum Gasteiger partial charge on any atom is 0.243 e. The van der Waals surface area contributed by atoms with Crippen molar-refractivity contribution in [1.29, 1.82) is 0 Å². The van der Waals surface area contributed by atoms with Gasteiger partial charge >= 0.3 is 0 Å². The summed E-state index contributed by atoms with van der Waals surface area (Å²) in [6, 6.07) is 6.00. The Kier molecular flexibility index (Phi) is 4.64. The van der Waals surface area contributed by atoms with Crippen LogP contribution in [-0.4, -0.2) is 15.0 Å². The van der Waals surface area contributed by atoms with Gasteiger partial charge in [-0.05, 0) is 30.0 Å². The van der Waals surface area contributed by atoms with Gasteiger partial charge in [0.05, 0.1) is 5.02 Å². The number of nitrogen functional groups attached to an aromatic ring is 1. The molecule has 20 heavy (non-hydrogen) atoms. The van der Waals surface area contributed by atoms with E-state index < -0.39 is 20.7 Å². The number of thiophene rings is 1. The number of sulfonamides is 1. The Balaban J connectivity index is 2.14. The standard InChI is InChI=1S/C12H12ClFN2O2S2/c13-10-6-8(15)7-11(12(10)14)20(17,18)16-4-3-9-2-1-5-19-9/h1-2,5-7,16H,3-4,15H2. The molecule has 108 valence electrons. The number of anilines is 1. The number of hydrogen-bond acceptors (Lipinski definition) is 4. The molecule has 1 heterocycles. The molecular weight excluding hydrogens is 323 g/mol. The molecule has 0 saturated carbocycles. The van der Waals surface area contributed by atoms with Crippen LogP contribution in [0.5, 0.6) is 0 Å². The summed E-state index contributed by atoms with van der Waals surface area (Å²) in [4.78, 5) is 0.507. The van der Waals surface area contributed by atoms with E-state index in [1.807, 2.05) is 17.5 Å². The molecule has 0 unspecified atom stereocenters. The lowest BCUT2D eigenvalue weighted by atomic mass is 10.3. The van der Waals surface area contributed by atoms with E-state index in [1.165, 1.54) is 17.4 Å². The van der Waals surface area contributed by atoms with E-state index in [1.54, 1.807) is 0 Å². The molecule has 3 N–H and O–H groups in total. The fourth-order valence-corrected chi connectivity index (χ4v) is 3.78. The van der Waals surface area contributed by atoms with E-state index in [-0.39, 0.29) is 17.3 Å². The predicted octanol–water partition coefficient (Wildman–Crippen LogP) is 2.64. The minimum absolute atomic E-state index is 0.0926. The minimum atomic E-state index is -3.97. The topological polar surface area (TPSA) is 72.2 Å². The van der Waals surface area contributed by atoms with Gasteiger partial charge in [-0.1, -0.05) is 17.7 Å². The summed E-state index contributed by atoms with van der Waals surface area (Å²) in [6.07, 6.45) is 0.536. The molecule has 0 bridgehead atoms. The van der Waals surface area contributed by atoms with Gasteiger partial charge in [-0.15, -0.1) is 11.3 Å². The molecule has 0 aliphatic carbocycles. The van der Waals surface area contributed by atoms with Crippen LogP contribution < -0.4 is 10.5 Å². The second kappa shape index (κ2) is 6.09. The Bertz CT molecular complexity index is 702. The average Bonchev–Trinajstić information content (AvgIpc) is 2.86. The molecule has 2 aromatic rings. The Morgan fingerprint density at radius 2 is 2.15 bits per heavy atom. The van der Waals surface area contributed by atoms with Crippen LogP contribution >= 0.6 is 22.9 Å². The molecule has 0 atom stereocenters. The summed E-state index contributed by atoms with van der Waals surface area (Å²) >= 11 is 7.12. The summed E-state index contributed by atoms with van der Waals surface area (Å²) in [5.74, 6) is -0.996. The highest BCUT2D eigenvalue weighted by Crippen LogP contribution is 2.25. The van der Waals surface area contributed by atoms with Gasteiger partial charge in [-0.25, -0.2) is 17.5 Å². The summed E-state index contributed by atoms with van der Waals surface area (Å²) in [6.45, 7) is 0.175. The Morgan fingerprint density at radius 1 is 1.40 bits per heavy atom. The Labute approximate surface area is 125 Å². The van der Waals surface area contributed by atoms with Gasteiger partial charge in [-0.3, -0.25) is 0 Å². The van der Waals surface area contributed by atoms with Crippen LogP contribution in [0.25, 0.3) is 0 Å². The van der Waals surface area contributed by atoms with E-state index >= 15 is 0 Å². The molecule has 0 amide bonds. The maximum atomic E-state index is 13.8. The minimum Gasteiger partial charge on any atom is -0.399 e. The zero-order valence-electron chi connectivity index (χ0n) is 10.3. The molecule has 2 rings (SSSR count). The first kappa shape index (κ1) is 15.2. The lowest BCUT2D eigenvalue weighted by Crippen LogP contribution is -2.26. The molecule has 1 aromatic carbocycles. The number of hydrogen-bond donors (Lipinski definition) is 2. The van der Waals surface area contributed by atoms with Crippen LogP contribution in [0.15, 0.2) is 34.5 Å². The predicted molar refractivity (Wildman–Crippen MR) is 79.0 cm³/mol. The van der Waals surface area contributed by atoms with Gasteiger partial charge in [0.1, 0.15) is 4.90 Å². The lowest BCUT2D eigenvalue weighted by molar-refractivity contribution is 0.557. The largest absolute Gasteiger partial charge is 0.399 e. The third-order valence-corrected chi connectivity index (χ3v) is 5.22. The van der Waals surface area contributed by atoms with Crippen molar-refractivity contribution in [3.05, 3.63) is 45.4 Å². The van der Waals surface area contributed by atoms with Gasteiger partial charge in [0.15, 0.2) is 5.82 Å². The number of halogens is 2. The van der Waals surface area contributed by atoms with Crippen molar-refractivity contribution < 1.29 is 12.8 Å². The maximum absolute atomic E-state index is 13.8. The fourth-order valence-electron chi connectivity index (χ4n) is 1.62. The number of benzene rings is 1. The Morgan fingerprint density at radius 3 is 2.80 bits per heavy atom. The van der Waals surface area contributed by atoms with Crippen molar-refractivity contribution in [2.75, 3.05) is 12.3 Å². The summed E-state index contributed by atoms with van der Waals surface area (Å²) in [7, 11) is -3.97. The summed E-state index contributed by atoms with van der Waals surface area (Å²) in [5, 5.41) is 1.59. The molecule has 0 saturated heterocycles. The number of nitrogens with two attached hydrogens (primary N) is 1. The van der Waals surface area contributed by atoms with Crippen molar-refractivity contribution in [3.63, 3.8) is 0 Å². The third-order valence-electron chi connectivity index (χ3n) is 2.55. The first-order chi connectivity index (χ1) is 9.40. The van der Waals surface area contributed by atoms with Crippen LogP contribution in [0.1, 0.15) is 4.88 Å². The van der Waals surface area contributed by atoms with Crippen molar-refractivity contribution >= 4 is 38.6 Å². The molecule has 4 nitrogen and oxygen atoms in total. The molecule has 0 aliphatic heterocycles. The van der Waals surface area contributed by atoms with Crippen molar-refractivity contribution in [3.8, 4) is 0 Å². The quantitative estimate of drug-likeness (QED) is 0.826. The summed E-state index contributed by atoms with van der Waals surface area (Å²) < 4.78 is 40.2. The highest BCUT2D eigenvalue weighted by Gasteiger charge is 2.21. The van der Waals surface area contributed by atoms with E-state index in [4.69, 9.17) is 17.3 Å². The first-order valence-corrected chi connectivity index (χ1v) is 8.41. The van der Waals surface area contributed by atoms with Crippen LogP contribution in [0.2, 0.25) is 5.02 Å². The molecule has 8 heteroatoms. The van der Waals surface area contributed by atoms with Gasteiger partial charge in [0.2, 0.25) is 10.0 Å². The second-order valence-electron chi connectivity index (χ2n) is 4.04. The second-order valence-corrected chi connectivity index (χ2v) is 7.22. The molecular formula is C12H12ClFN2O2S2. The zero-order valence-corrected chi connectivity index (χ0v) is 12.7. The van der Waals surface area contributed by atoms with Gasteiger partial charge in [-0.2, -0.15) is 0 Å². The molecule has 0 aliphatic rings. The summed E-state index contributed by atoms with van der Waals surface area (Å²) in [5.41, 5.74) is 5.58. The molecule has 1 aromatic heterocycles. The van der Waals surface area contributed by atoms with E-state index in [2.05, 4.69) is 4.72 Å². The molecule has 0 spiro atoms. The third kappa shape index (κ3) is 3.49. The lowest BCUT2D eigenvalue weighted by Gasteiger charge is -2.09. The molecule has 0 radical (unpaired) electrons. The SMILES string of the molecule is Nc1cc(Cl)c(F)c(S(=O)(=O)NCCc2cccs2)c1. The van der Waals surface area contributed by atoms with Crippen LogP contribution in [-0.2, 0) is 16.4 Å². The van der Waals surface area contributed by atoms with Gasteiger partial charge < -0.3 is 5.73 Å². The average molecular weight is 335 g/mol. The van der Waals surface area contributed by atoms with Gasteiger partial charge in [0.25, 0.3) is 0 Å². The van der Waals surface area contributed by atoms with E-state index in [9.17, 15) is 12.8 Å². The molecule has 0 fully saturated rings. The van der Waals surface area contributed by atoms with Crippen LogP contribution in [0.3, 0.4) is 0 Å². The number of rotatable bonds is 5. The van der Waals surface area contributed by atoms with Crippen LogP contribution in [0, 0.1) is 5.82 Å². The highest BCUT2D eigenvalue weighted by atomic mass is 35.5. The highest BCUT2D eigenvalue weighted by molar-refractivity contribution is 7.89. The van der Waals surface area contributed by atoms with Crippen molar-refractivity contribution in [2.45, 2.75) is 11.3 Å². The van der Waals surface area contributed by atoms with E-state index in [0.717, 1.165) is 10.9 Å². The smallest absolute Gasteiger partial charge is 0.243 e. The van der Waals surface area contributed by atoms with Gasteiger partial charge in [0, 0.05) is 17.1 Å². The normalized spacial score (nSPS) is 11.7. The van der Waals surface area contributed by atoms with Crippen molar-refractivity contribution in [2.24, 2.45) is 0 Å². The first-order valence-electron chi connectivity index (χ1n) is 5.67. The Hall–Kier alpha value is -1.15. The number of nitrogens with one attached hydrogen (secondary N) is 1. The zero-order chi connectivity index (χ0) is 14.8. The van der Waals surface area contributed by atoms with E-state index in [0.29, 0.717) is 6.42 Å². The monoisotopic (exact) mass is 334 g/mol. The fraction of sp³-hybridized carbons (Fsp3) is 0.167. The van der Waals surface area contributed by atoms with Crippen LogP contribution in [0.4, 0.5) is 10.1 Å².